The van der Waals surface area contributed by atoms with Gasteiger partial charge in [0.05, 0.1) is 0 Å². The lowest BCUT2D eigenvalue weighted by molar-refractivity contribution is 0.228. The molecule has 1 heteroatoms. The second-order valence-corrected chi connectivity index (χ2v) is 3.01. The van der Waals surface area contributed by atoms with E-state index in [-0.39, 0.29) is 0 Å². The van der Waals surface area contributed by atoms with Gasteiger partial charge in [0.25, 0.3) is 0 Å². The Morgan fingerprint density at radius 1 is 1.38 bits per heavy atom. The van der Waals surface area contributed by atoms with Crippen molar-refractivity contribution < 1.29 is 5.11 Å². The molecule has 0 aliphatic heterocycles. The molecule has 0 aliphatic carbocycles. The molecule has 1 N–H and O–H groups in total. The average Bonchev–Trinajstić information content (AvgIpc) is 2.16. The fraction of sp³-hybridized carbons (Fsp3) is 0.333. The van der Waals surface area contributed by atoms with Crippen LogP contribution >= 0.6 is 0 Å². The second-order valence-electron chi connectivity index (χ2n) is 3.01. The summed E-state index contributed by atoms with van der Waals surface area (Å²) in [5.41, 5.74) is 2.15. The summed E-state index contributed by atoms with van der Waals surface area (Å²) in [5, 5.41) is 9.24. The molecule has 0 heterocycles. The molecule has 0 unspecified atom stereocenters. The van der Waals surface area contributed by atoms with Gasteiger partial charge < -0.3 is 5.11 Å². The number of hydrogen-bond acceptors (Lipinski definition) is 1. The Morgan fingerprint density at radius 2 is 2.08 bits per heavy atom. The first-order valence-electron chi connectivity index (χ1n) is 4.49. The predicted molar refractivity (Wildman–Crippen MR) is 54.4 cm³/mol. The monoisotopic (exact) mass is 174 g/mol. The molecule has 1 aromatic carbocycles. The Hall–Kier alpha value is -1.26. The van der Waals surface area contributed by atoms with Crippen molar-refractivity contribution in [3.05, 3.63) is 35.4 Å². The van der Waals surface area contributed by atoms with Gasteiger partial charge in [-0.25, -0.2) is 0 Å². The molecule has 1 atom stereocenters. The van der Waals surface area contributed by atoms with Crippen LogP contribution in [0.3, 0.4) is 0 Å². The highest BCUT2D eigenvalue weighted by atomic mass is 16.3. The van der Waals surface area contributed by atoms with E-state index in [1.54, 1.807) is 0 Å². The molecule has 0 fully saturated rings. The molecule has 0 saturated heterocycles. The highest BCUT2D eigenvalue weighted by Crippen LogP contribution is 2.04. The van der Waals surface area contributed by atoms with Crippen molar-refractivity contribution >= 4 is 0 Å². The molecule has 0 aromatic heterocycles. The number of rotatable bonds is 1. The largest absolute Gasteiger partial charge is 0.380 e. The third-order valence-electron chi connectivity index (χ3n) is 1.91. The number of aryl methyl sites for hydroxylation is 1. The molecule has 0 saturated carbocycles. The van der Waals surface area contributed by atoms with Crippen molar-refractivity contribution in [2.24, 2.45) is 0 Å². The van der Waals surface area contributed by atoms with E-state index in [9.17, 15) is 5.11 Å². The minimum absolute atomic E-state index is 0.500. The van der Waals surface area contributed by atoms with Crippen LogP contribution in [0.15, 0.2) is 24.3 Å². The number of benzene rings is 1. The van der Waals surface area contributed by atoms with Gasteiger partial charge in [-0.1, -0.05) is 37.0 Å². The third-order valence-corrected chi connectivity index (χ3v) is 1.91. The molecule has 0 amide bonds. The lowest BCUT2D eigenvalue weighted by atomic mass is 10.1. The van der Waals surface area contributed by atoms with Crippen molar-refractivity contribution in [2.75, 3.05) is 0 Å². The maximum Gasteiger partial charge on any atom is 0.114 e. The van der Waals surface area contributed by atoms with Crippen LogP contribution in [0.5, 0.6) is 0 Å². The van der Waals surface area contributed by atoms with Gasteiger partial charge in [0.15, 0.2) is 0 Å². The Bertz CT molecular complexity index is 330. The molecule has 68 valence electrons. The molecule has 0 bridgehead atoms. The fourth-order valence-corrected chi connectivity index (χ4v) is 0.976. The molecule has 1 aromatic rings. The zero-order valence-electron chi connectivity index (χ0n) is 8.04. The maximum absolute atomic E-state index is 9.24. The topological polar surface area (TPSA) is 20.2 Å². The molecule has 13 heavy (non-hydrogen) atoms. The van der Waals surface area contributed by atoms with Crippen molar-refractivity contribution in [1.29, 1.82) is 0 Å². The first kappa shape index (κ1) is 9.83. The van der Waals surface area contributed by atoms with E-state index in [2.05, 4.69) is 11.8 Å². The Kier molecular flexibility index (Phi) is 3.54. The maximum atomic E-state index is 9.24. The van der Waals surface area contributed by atoms with E-state index >= 15 is 0 Å². The third kappa shape index (κ3) is 2.93. The summed E-state index contributed by atoms with van der Waals surface area (Å²) in [4.78, 5) is 0. The zero-order valence-corrected chi connectivity index (χ0v) is 8.04. The molecule has 1 rings (SSSR count). The minimum Gasteiger partial charge on any atom is -0.380 e. The second kappa shape index (κ2) is 4.69. The lowest BCUT2D eigenvalue weighted by Gasteiger charge is -1.97. The molecule has 0 radical (unpaired) electrons. The highest BCUT2D eigenvalue weighted by Gasteiger charge is 1.93. The quantitative estimate of drug-likeness (QED) is 0.646. The van der Waals surface area contributed by atoms with Gasteiger partial charge in [-0.15, -0.1) is 0 Å². The van der Waals surface area contributed by atoms with Gasteiger partial charge >= 0.3 is 0 Å². The molecule has 1 nitrogen and oxygen atoms in total. The fourth-order valence-electron chi connectivity index (χ4n) is 0.976. The Labute approximate surface area is 79.4 Å². The summed E-state index contributed by atoms with van der Waals surface area (Å²) >= 11 is 0. The van der Waals surface area contributed by atoms with Crippen molar-refractivity contribution in [2.45, 2.75) is 26.4 Å². The summed E-state index contributed by atoms with van der Waals surface area (Å²) in [6.07, 6.45) is 0.179. The predicted octanol–water partition coefficient (Wildman–Crippen LogP) is 2.12. The normalized spacial score (nSPS) is 11.6. The Balaban J connectivity index is 2.83. The minimum atomic E-state index is -0.500. The van der Waals surface area contributed by atoms with Crippen LogP contribution in [0.25, 0.3) is 0 Å². The zero-order chi connectivity index (χ0) is 9.68. The van der Waals surface area contributed by atoms with Gasteiger partial charge in [0.1, 0.15) is 6.10 Å². The van der Waals surface area contributed by atoms with Crippen LogP contribution in [-0.4, -0.2) is 11.2 Å². The first-order valence-corrected chi connectivity index (χ1v) is 4.49. The van der Waals surface area contributed by atoms with Crippen molar-refractivity contribution in [3.8, 4) is 11.8 Å². The standard InChI is InChI=1S/C12H14O/c1-3-12(13)9-8-11-7-5-4-6-10(11)2/h4-7,12-13H,3H2,1-2H3/t12-/m0/s1. The van der Waals surface area contributed by atoms with Crippen LogP contribution in [0.2, 0.25) is 0 Å². The van der Waals surface area contributed by atoms with Crippen LogP contribution < -0.4 is 0 Å². The number of hydrogen-bond donors (Lipinski definition) is 1. The van der Waals surface area contributed by atoms with Gasteiger partial charge in [-0.05, 0) is 25.0 Å². The van der Waals surface area contributed by atoms with Crippen molar-refractivity contribution in [3.63, 3.8) is 0 Å². The first-order chi connectivity index (χ1) is 6.24. The average molecular weight is 174 g/mol. The van der Waals surface area contributed by atoms with E-state index < -0.39 is 6.10 Å². The number of aliphatic hydroxyl groups is 1. The van der Waals surface area contributed by atoms with E-state index in [4.69, 9.17) is 0 Å². The van der Waals surface area contributed by atoms with Gasteiger partial charge in [-0.3, -0.25) is 0 Å². The van der Waals surface area contributed by atoms with E-state index in [0.717, 1.165) is 11.1 Å². The van der Waals surface area contributed by atoms with Crippen LogP contribution in [0.1, 0.15) is 24.5 Å². The molecule has 0 aliphatic rings. The van der Waals surface area contributed by atoms with E-state index in [1.807, 2.05) is 38.1 Å². The van der Waals surface area contributed by atoms with Crippen LogP contribution in [-0.2, 0) is 0 Å². The lowest BCUT2D eigenvalue weighted by Crippen LogP contribution is -1.99. The summed E-state index contributed by atoms with van der Waals surface area (Å²) < 4.78 is 0. The summed E-state index contributed by atoms with van der Waals surface area (Å²) in [5.74, 6) is 5.76. The summed E-state index contributed by atoms with van der Waals surface area (Å²) in [6.45, 7) is 3.93. The Morgan fingerprint density at radius 3 is 2.69 bits per heavy atom. The summed E-state index contributed by atoms with van der Waals surface area (Å²) in [7, 11) is 0. The SMILES string of the molecule is CC[C@H](O)C#Cc1ccccc1C. The van der Waals surface area contributed by atoms with Gasteiger partial charge in [-0.2, -0.15) is 0 Å². The molecular weight excluding hydrogens is 160 g/mol. The van der Waals surface area contributed by atoms with Crippen molar-refractivity contribution in [1.82, 2.24) is 0 Å². The number of aliphatic hydroxyl groups excluding tert-OH is 1. The van der Waals surface area contributed by atoms with Gasteiger partial charge in [0.2, 0.25) is 0 Å². The van der Waals surface area contributed by atoms with Crippen LogP contribution in [0.4, 0.5) is 0 Å². The molecular formula is C12H14O. The van der Waals surface area contributed by atoms with Crippen LogP contribution in [0, 0.1) is 18.8 Å². The van der Waals surface area contributed by atoms with E-state index in [1.165, 1.54) is 0 Å². The van der Waals surface area contributed by atoms with E-state index in [0.29, 0.717) is 6.42 Å². The smallest absolute Gasteiger partial charge is 0.114 e. The highest BCUT2D eigenvalue weighted by molar-refractivity contribution is 5.40. The molecule has 0 spiro atoms. The van der Waals surface area contributed by atoms with Gasteiger partial charge in [0, 0.05) is 5.56 Å². The summed E-state index contributed by atoms with van der Waals surface area (Å²) in [6, 6.07) is 7.92.